The van der Waals surface area contributed by atoms with Gasteiger partial charge in [0.25, 0.3) is 0 Å². The molecule has 0 spiro atoms. The lowest BCUT2D eigenvalue weighted by Crippen LogP contribution is -2.34. The van der Waals surface area contributed by atoms with Crippen LogP contribution < -0.4 is 9.64 Å². The number of anilines is 1. The number of benzene rings is 1. The molecule has 3 aromatic heterocycles. The lowest BCUT2D eigenvalue weighted by atomic mass is 9.97. The Balaban J connectivity index is 1.17. The van der Waals surface area contributed by atoms with E-state index < -0.39 is 5.97 Å². The van der Waals surface area contributed by atoms with E-state index >= 15 is 0 Å². The maximum Gasteiger partial charge on any atom is 0.339 e. The van der Waals surface area contributed by atoms with E-state index in [9.17, 15) is 9.90 Å². The first-order valence-electron chi connectivity index (χ1n) is 10.6. The summed E-state index contributed by atoms with van der Waals surface area (Å²) in [6.07, 6.45) is 4.77. The van der Waals surface area contributed by atoms with Crippen LogP contribution in [-0.2, 0) is 6.61 Å². The van der Waals surface area contributed by atoms with E-state index in [1.807, 2.05) is 34.5 Å². The van der Waals surface area contributed by atoms with Crippen LogP contribution in [0.5, 0.6) is 5.75 Å². The second kappa shape index (κ2) is 9.74. The van der Waals surface area contributed by atoms with E-state index in [0.717, 1.165) is 35.0 Å². The zero-order valence-electron chi connectivity index (χ0n) is 17.9. The third kappa shape index (κ3) is 4.85. The van der Waals surface area contributed by atoms with Crippen molar-refractivity contribution in [1.29, 1.82) is 0 Å². The topological polar surface area (TPSA) is 119 Å². The van der Waals surface area contributed by atoms with Crippen molar-refractivity contribution in [2.75, 3.05) is 18.0 Å². The molecule has 1 N–H and O–H groups in total. The molecule has 0 saturated carbocycles. The Labute approximate surface area is 203 Å². The molecule has 1 aliphatic heterocycles. The number of carbonyl (C=O) groups is 1. The quantitative estimate of drug-likeness (QED) is 0.406. The minimum absolute atomic E-state index is 0.130. The molecule has 0 bridgehead atoms. The molecule has 0 unspecified atom stereocenters. The molecule has 1 aliphatic rings. The number of ether oxygens (including phenoxy) is 1. The summed E-state index contributed by atoms with van der Waals surface area (Å²) < 4.78 is 7.46. The SMILES string of the molecule is O=C(O)c1cc(Cl)cnc1N1CCC(c2nc(COc3ccc(-n4cnnn4)cc3)cs2)CC1. The number of carboxylic acids is 1. The maximum absolute atomic E-state index is 11.6. The van der Waals surface area contributed by atoms with E-state index in [-0.39, 0.29) is 5.56 Å². The third-order valence-corrected chi connectivity index (χ3v) is 6.88. The van der Waals surface area contributed by atoms with Gasteiger partial charge in [0, 0.05) is 30.6 Å². The Morgan fingerprint density at radius 1 is 1.24 bits per heavy atom. The zero-order valence-corrected chi connectivity index (χ0v) is 19.5. The minimum atomic E-state index is -1.03. The van der Waals surface area contributed by atoms with Gasteiger partial charge in [0.1, 0.15) is 30.1 Å². The lowest BCUT2D eigenvalue weighted by Gasteiger charge is -2.32. The van der Waals surface area contributed by atoms with E-state index in [1.165, 1.54) is 18.6 Å². The summed E-state index contributed by atoms with van der Waals surface area (Å²) >= 11 is 7.57. The number of rotatable bonds is 7. The molecule has 34 heavy (non-hydrogen) atoms. The molecule has 4 aromatic rings. The van der Waals surface area contributed by atoms with Crippen molar-refractivity contribution in [1.82, 2.24) is 30.2 Å². The van der Waals surface area contributed by atoms with Gasteiger partial charge in [-0.2, -0.15) is 0 Å². The molecule has 5 rings (SSSR count). The van der Waals surface area contributed by atoms with Crippen molar-refractivity contribution >= 4 is 34.7 Å². The predicted octanol–water partition coefficient (Wildman–Crippen LogP) is 3.83. The highest BCUT2D eigenvalue weighted by atomic mass is 35.5. The molecule has 1 aromatic carbocycles. The van der Waals surface area contributed by atoms with Gasteiger partial charge in [-0.15, -0.1) is 16.4 Å². The predicted molar refractivity (Wildman–Crippen MR) is 126 cm³/mol. The molecule has 4 heterocycles. The Morgan fingerprint density at radius 3 is 2.74 bits per heavy atom. The molecule has 0 radical (unpaired) electrons. The maximum atomic E-state index is 11.6. The number of aromatic carboxylic acids is 1. The van der Waals surface area contributed by atoms with Gasteiger partial charge in [-0.1, -0.05) is 11.6 Å². The number of hydrogen-bond acceptors (Lipinski definition) is 9. The van der Waals surface area contributed by atoms with Gasteiger partial charge in [-0.3, -0.25) is 0 Å². The molecule has 1 saturated heterocycles. The van der Waals surface area contributed by atoms with Crippen LogP contribution in [0.15, 0.2) is 48.2 Å². The zero-order chi connectivity index (χ0) is 23.5. The highest BCUT2D eigenvalue weighted by Crippen LogP contribution is 2.33. The first-order valence-corrected chi connectivity index (χ1v) is 11.9. The van der Waals surface area contributed by atoms with Crippen LogP contribution in [0.3, 0.4) is 0 Å². The van der Waals surface area contributed by atoms with Crippen LogP contribution in [0.1, 0.15) is 39.8 Å². The van der Waals surface area contributed by atoms with Crippen LogP contribution in [0.25, 0.3) is 5.69 Å². The summed E-state index contributed by atoms with van der Waals surface area (Å²) in [6.45, 7) is 1.80. The number of halogens is 1. The molecule has 1 fully saturated rings. The molecular weight excluding hydrogens is 478 g/mol. The lowest BCUT2D eigenvalue weighted by molar-refractivity contribution is 0.0697. The monoisotopic (exact) mass is 497 g/mol. The molecule has 0 atom stereocenters. The average Bonchev–Trinajstić information content (AvgIpc) is 3.56. The minimum Gasteiger partial charge on any atom is -0.487 e. The van der Waals surface area contributed by atoms with Gasteiger partial charge in [0.2, 0.25) is 0 Å². The highest BCUT2D eigenvalue weighted by molar-refractivity contribution is 7.09. The Kier molecular flexibility index (Phi) is 6.37. The molecule has 0 aliphatic carbocycles. The van der Waals surface area contributed by atoms with Crippen molar-refractivity contribution in [2.45, 2.75) is 25.4 Å². The molecule has 174 valence electrons. The number of tetrazole rings is 1. The second-order valence-corrected chi connectivity index (χ2v) is 9.13. The number of carboxylic acid groups (broad SMARTS) is 1. The van der Waals surface area contributed by atoms with Gasteiger partial charge < -0.3 is 14.7 Å². The van der Waals surface area contributed by atoms with E-state index in [2.05, 4.69) is 20.5 Å². The fraction of sp³-hybridized carbons (Fsp3) is 0.273. The number of aromatic nitrogens is 6. The standard InChI is InChI=1S/C22H20ClN7O3S/c23-15-9-19(22(31)32)20(24-10-15)29-7-5-14(6-8-29)21-26-16(12-34-21)11-33-18-3-1-17(2-4-18)30-13-25-27-28-30/h1-4,9-10,12-14H,5-8,11H2,(H,31,32). The van der Waals surface area contributed by atoms with Crippen LogP contribution in [0, 0.1) is 0 Å². The van der Waals surface area contributed by atoms with Crippen molar-refractivity contribution < 1.29 is 14.6 Å². The van der Waals surface area contributed by atoms with Crippen LogP contribution in [0.4, 0.5) is 5.82 Å². The summed E-state index contributed by atoms with van der Waals surface area (Å²) in [5.74, 6) is 0.506. The Morgan fingerprint density at radius 2 is 2.03 bits per heavy atom. The fourth-order valence-corrected chi connectivity index (χ4v) is 5.02. The first kappa shape index (κ1) is 22.2. The molecule has 0 amide bonds. The van der Waals surface area contributed by atoms with Crippen molar-refractivity contribution in [2.24, 2.45) is 0 Å². The van der Waals surface area contributed by atoms with Gasteiger partial charge in [0.15, 0.2) is 0 Å². The summed E-state index contributed by atoms with van der Waals surface area (Å²) in [5, 5.41) is 24.0. The summed E-state index contributed by atoms with van der Waals surface area (Å²) in [7, 11) is 0. The van der Waals surface area contributed by atoms with Gasteiger partial charge in [-0.25, -0.2) is 19.4 Å². The van der Waals surface area contributed by atoms with Crippen LogP contribution >= 0.6 is 22.9 Å². The van der Waals surface area contributed by atoms with Crippen LogP contribution in [0.2, 0.25) is 5.02 Å². The summed E-state index contributed by atoms with van der Waals surface area (Å²) in [5.41, 5.74) is 1.87. The molecular formula is C22H20ClN7O3S. The number of nitrogens with zero attached hydrogens (tertiary/aromatic N) is 7. The Hall–Kier alpha value is -3.57. The number of pyridine rings is 1. The fourth-order valence-electron chi connectivity index (χ4n) is 3.89. The molecule has 10 nitrogen and oxygen atoms in total. The van der Waals surface area contributed by atoms with Crippen LogP contribution in [-0.4, -0.2) is 54.3 Å². The summed E-state index contributed by atoms with van der Waals surface area (Å²) in [6, 6.07) is 8.96. The largest absolute Gasteiger partial charge is 0.487 e. The smallest absolute Gasteiger partial charge is 0.339 e. The molecule has 12 heteroatoms. The summed E-state index contributed by atoms with van der Waals surface area (Å²) in [4.78, 5) is 22.6. The number of piperidine rings is 1. The Bertz CT molecular complexity index is 1270. The van der Waals surface area contributed by atoms with E-state index in [0.29, 0.717) is 36.5 Å². The first-order chi connectivity index (χ1) is 16.6. The van der Waals surface area contributed by atoms with Gasteiger partial charge in [0.05, 0.1) is 21.4 Å². The normalized spacial score (nSPS) is 14.3. The van der Waals surface area contributed by atoms with E-state index in [1.54, 1.807) is 16.0 Å². The van der Waals surface area contributed by atoms with Crippen molar-refractivity contribution in [3.05, 3.63) is 69.5 Å². The number of thiazole rings is 1. The second-order valence-electron chi connectivity index (χ2n) is 7.81. The highest BCUT2D eigenvalue weighted by Gasteiger charge is 2.26. The average molecular weight is 498 g/mol. The van der Waals surface area contributed by atoms with Crippen molar-refractivity contribution in [3.63, 3.8) is 0 Å². The van der Waals surface area contributed by atoms with Crippen molar-refractivity contribution in [3.8, 4) is 11.4 Å². The van der Waals surface area contributed by atoms with Gasteiger partial charge in [-0.05, 0) is 53.6 Å². The third-order valence-electron chi connectivity index (χ3n) is 5.61. The number of hydrogen-bond donors (Lipinski definition) is 1. The van der Waals surface area contributed by atoms with Gasteiger partial charge >= 0.3 is 5.97 Å². The van der Waals surface area contributed by atoms with E-state index in [4.69, 9.17) is 21.3 Å².